The van der Waals surface area contributed by atoms with E-state index in [0.29, 0.717) is 17.0 Å². The van der Waals surface area contributed by atoms with Crippen molar-refractivity contribution in [3.05, 3.63) is 89.3 Å². The Bertz CT molecular complexity index is 1040. The standard InChI is InChI=1S/C22H19F4N3O/c23-18-6-4-16(5-7-18)21(30)29(19-8-9-19)14-20-27-10-11-28(20)13-15-2-1-3-17(12-15)22(24,25)26/h1-7,10-12,19H,8-9,13-14H2. The van der Waals surface area contributed by atoms with Gasteiger partial charge in [0.15, 0.2) is 0 Å². The minimum Gasteiger partial charge on any atom is -0.329 e. The van der Waals surface area contributed by atoms with E-state index in [0.717, 1.165) is 25.0 Å². The molecule has 0 atom stereocenters. The number of halogens is 4. The van der Waals surface area contributed by atoms with Crippen LogP contribution in [0.5, 0.6) is 0 Å². The summed E-state index contributed by atoms with van der Waals surface area (Å²) in [5, 5.41) is 0. The van der Waals surface area contributed by atoms with Crippen LogP contribution in [0.2, 0.25) is 0 Å². The van der Waals surface area contributed by atoms with Crippen LogP contribution in [-0.2, 0) is 19.3 Å². The van der Waals surface area contributed by atoms with E-state index in [1.165, 1.54) is 30.3 Å². The third-order valence-electron chi connectivity index (χ3n) is 5.06. The summed E-state index contributed by atoms with van der Waals surface area (Å²) in [4.78, 5) is 18.9. The molecule has 8 heteroatoms. The molecule has 0 radical (unpaired) electrons. The first-order chi connectivity index (χ1) is 14.3. The molecule has 1 aromatic heterocycles. The second-order valence-electron chi connectivity index (χ2n) is 7.34. The van der Waals surface area contributed by atoms with Crippen LogP contribution < -0.4 is 0 Å². The highest BCUT2D eigenvalue weighted by atomic mass is 19.4. The maximum atomic E-state index is 13.2. The third-order valence-corrected chi connectivity index (χ3v) is 5.06. The number of carbonyl (C=O) groups excluding carboxylic acids is 1. The van der Waals surface area contributed by atoms with Crippen LogP contribution in [0.3, 0.4) is 0 Å². The van der Waals surface area contributed by atoms with Crippen LogP contribution >= 0.6 is 0 Å². The number of imidazole rings is 1. The van der Waals surface area contributed by atoms with Gasteiger partial charge in [-0.1, -0.05) is 12.1 Å². The summed E-state index contributed by atoms with van der Waals surface area (Å²) in [5.41, 5.74) is 0.180. The number of benzene rings is 2. The van der Waals surface area contributed by atoms with E-state index >= 15 is 0 Å². The summed E-state index contributed by atoms with van der Waals surface area (Å²) in [6, 6.07) is 10.6. The molecule has 0 aliphatic heterocycles. The largest absolute Gasteiger partial charge is 0.416 e. The number of amides is 1. The zero-order valence-electron chi connectivity index (χ0n) is 15.9. The number of nitrogens with zero attached hydrogens (tertiary/aromatic N) is 3. The first-order valence-electron chi connectivity index (χ1n) is 9.54. The number of hydrogen-bond donors (Lipinski definition) is 0. The van der Waals surface area contributed by atoms with Gasteiger partial charge in [-0.25, -0.2) is 9.37 Å². The molecular weight excluding hydrogens is 398 g/mol. The third kappa shape index (κ3) is 4.53. The van der Waals surface area contributed by atoms with Gasteiger partial charge in [-0.15, -0.1) is 0 Å². The Morgan fingerprint density at radius 2 is 1.87 bits per heavy atom. The highest BCUT2D eigenvalue weighted by molar-refractivity contribution is 5.94. The van der Waals surface area contributed by atoms with Crippen molar-refractivity contribution in [1.29, 1.82) is 0 Å². The second-order valence-corrected chi connectivity index (χ2v) is 7.34. The van der Waals surface area contributed by atoms with Gasteiger partial charge < -0.3 is 9.47 Å². The van der Waals surface area contributed by atoms with Gasteiger partial charge in [0.05, 0.1) is 12.1 Å². The van der Waals surface area contributed by atoms with E-state index in [1.807, 2.05) is 0 Å². The molecule has 0 saturated heterocycles. The fraction of sp³-hybridized carbons (Fsp3) is 0.273. The first kappa shape index (κ1) is 20.1. The Hall–Kier alpha value is -3.16. The Morgan fingerprint density at radius 3 is 2.53 bits per heavy atom. The van der Waals surface area contributed by atoms with Crippen LogP contribution in [0.25, 0.3) is 0 Å². The molecule has 1 saturated carbocycles. The number of carbonyl (C=O) groups is 1. The molecule has 1 fully saturated rings. The van der Waals surface area contributed by atoms with Gasteiger partial charge in [-0.05, 0) is 54.8 Å². The molecule has 0 bridgehead atoms. The number of alkyl halides is 3. The lowest BCUT2D eigenvalue weighted by Gasteiger charge is -2.23. The molecule has 156 valence electrons. The highest BCUT2D eigenvalue weighted by Gasteiger charge is 2.34. The summed E-state index contributed by atoms with van der Waals surface area (Å²) >= 11 is 0. The van der Waals surface area contributed by atoms with E-state index in [-0.39, 0.29) is 25.0 Å². The minimum atomic E-state index is -4.40. The second kappa shape index (κ2) is 7.93. The van der Waals surface area contributed by atoms with Crippen LogP contribution in [0.15, 0.2) is 60.9 Å². The van der Waals surface area contributed by atoms with E-state index in [1.54, 1.807) is 27.9 Å². The molecule has 3 aromatic rings. The monoisotopic (exact) mass is 417 g/mol. The molecular formula is C22H19F4N3O. The van der Waals surface area contributed by atoms with Crippen molar-refractivity contribution in [3.8, 4) is 0 Å². The van der Waals surface area contributed by atoms with E-state index in [2.05, 4.69) is 4.98 Å². The first-order valence-corrected chi connectivity index (χ1v) is 9.54. The number of hydrogen-bond acceptors (Lipinski definition) is 2. The van der Waals surface area contributed by atoms with Crippen molar-refractivity contribution in [3.63, 3.8) is 0 Å². The van der Waals surface area contributed by atoms with Gasteiger partial charge in [0.1, 0.15) is 11.6 Å². The predicted octanol–water partition coefficient (Wildman–Crippen LogP) is 4.89. The lowest BCUT2D eigenvalue weighted by atomic mass is 10.1. The van der Waals surface area contributed by atoms with Gasteiger partial charge in [-0.3, -0.25) is 4.79 Å². The quantitative estimate of drug-likeness (QED) is 0.536. The summed E-state index contributed by atoms with van der Waals surface area (Å²) in [6.07, 6.45) is 0.597. The molecule has 4 rings (SSSR count). The maximum absolute atomic E-state index is 13.2. The van der Waals surface area contributed by atoms with Crippen LogP contribution in [0.1, 0.15) is 40.2 Å². The summed E-state index contributed by atoms with van der Waals surface area (Å²) in [5.74, 6) is -0.0537. The number of rotatable bonds is 6. The smallest absolute Gasteiger partial charge is 0.329 e. The van der Waals surface area contributed by atoms with Gasteiger partial charge >= 0.3 is 6.18 Å². The summed E-state index contributed by atoms with van der Waals surface area (Å²) < 4.78 is 53.9. The molecule has 0 unspecified atom stereocenters. The normalized spacial score (nSPS) is 14.0. The topological polar surface area (TPSA) is 38.1 Å². The van der Waals surface area contributed by atoms with E-state index < -0.39 is 17.6 Å². The number of aromatic nitrogens is 2. The molecule has 0 spiro atoms. The Balaban J connectivity index is 1.53. The van der Waals surface area contributed by atoms with Crippen molar-refractivity contribution >= 4 is 5.91 Å². The fourth-order valence-corrected chi connectivity index (χ4v) is 3.34. The highest BCUT2D eigenvalue weighted by Crippen LogP contribution is 2.31. The van der Waals surface area contributed by atoms with Crippen molar-refractivity contribution in [2.75, 3.05) is 0 Å². The van der Waals surface area contributed by atoms with Crippen LogP contribution in [0, 0.1) is 5.82 Å². The lowest BCUT2D eigenvalue weighted by molar-refractivity contribution is -0.137. The summed E-state index contributed by atoms with van der Waals surface area (Å²) in [7, 11) is 0. The molecule has 1 amide bonds. The van der Waals surface area contributed by atoms with E-state index in [4.69, 9.17) is 0 Å². The fourth-order valence-electron chi connectivity index (χ4n) is 3.34. The van der Waals surface area contributed by atoms with Crippen LogP contribution in [0.4, 0.5) is 17.6 Å². The predicted molar refractivity (Wildman–Crippen MR) is 102 cm³/mol. The maximum Gasteiger partial charge on any atom is 0.416 e. The van der Waals surface area contributed by atoms with Crippen molar-refractivity contribution in [2.24, 2.45) is 0 Å². The average molecular weight is 417 g/mol. The van der Waals surface area contributed by atoms with Crippen molar-refractivity contribution in [1.82, 2.24) is 14.5 Å². The zero-order valence-corrected chi connectivity index (χ0v) is 15.9. The molecule has 2 aromatic carbocycles. The molecule has 1 aliphatic rings. The van der Waals surface area contributed by atoms with Crippen molar-refractivity contribution in [2.45, 2.75) is 38.1 Å². The molecule has 0 N–H and O–H groups in total. The van der Waals surface area contributed by atoms with Crippen molar-refractivity contribution < 1.29 is 22.4 Å². The average Bonchev–Trinajstić information content (AvgIpc) is 3.46. The van der Waals surface area contributed by atoms with Gasteiger partial charge in [0.25, 0.3) is 5.91 Å². The summed E-state index contributed by atoms with van der Waals surface area (Å²) in [6.45, 7) is 0.440. The van der Waals surface area contributed by atoms with E-state index in [9.17, 15) is 22.4 Å². The minimum absolute atomic E-state index is 0.0845. The lowest BCUT2D eigenvalue weighted by Crippen LogP contribution is -2.33. The Morgan fingerprint density at radius 1 is 1.13 bits per heavy atom. The molecule has 1 heterocycles. The molecule has 4 nitrogen and oxygen atoms in total. The van der Waals surface area contributed by atoms with Crippen LogP contribution in [-0.4, -0.2) is 26.4 Å². The zero-order chi connectivity index (χ0) is 21.3. The Labute approximate surface area is 170 Å². The SMILES string of the molecule is O=C(c1ccc(F)cc1)N(Cc1nccn1Cc1cccc(C(F)(F)F)c1)C1CC1. The van der Waals surface area contributed by atoms with Gasteiger partial charge in [0.2, 0.25) is 0 Å². The molecule has 1 aliphatic carbocycles. The Kier molecular flexibility index (Phi) is 5.32. The molecule has 30 heavy (non-hydrogen) atoms. The van der Waals surface area contributed by atoms with Gasteiger partial charge in [-0.2, -0.15) is 13.2 Å². The van der Waals surface area contributed by atoms with Gasteiger partial charge in [0, 0.05) is 30.5 Å².